The maximum Gasteiger partial charge on any atom is 0.111 e. The molecule has 0 saturated carbocycles. The lowest BCUT2D eigenvalue weighted by molar-refractivity contribution is 0.0439. The molecule has 0 bridgehead atoms. The van der Waals surface area contributed by atoms with Gasteiger partial charge in [0.15, 0.2) is 0 Å². The molecule has 1 aliphatic rings. The summed E-state index contributed by atoms with van der Waals surface area (Å²) < 4.78 is 5.24. The van der Waals surface area contributed by atoms with Gasteiger partial charge in [-0.25, -0.2) is 0 Å². The molecule has 0 spiro atoms. The van der Waals surface area contributed by atoms with Gasteiger partial charge in [0.1, 0.15) is 6.10 Å². The van der Waals surface area contributed by atoms with Crippen LogP contribution in [0.4, 0.5) is 0 Å². The van der Waals surface area contributed by atoms with E-state index in [1.807, 2.05) is 6.92 Å². The summed E-state index contributed by atoms with van der Waals surface area (Å²) in [5.41, 5.74) is 1.46. The summed E-state index contributed by atoms with van der Waals surface area (Å²) in [5.74, 6) is 0. The molecule has 2 rings (SSSR count). The fourth-order valence-electron chi connectivity index (χ4n) is 1.99. The quantitative estimate of drug-likeness (QED) is 0.855. The monoisotopic (exact) mass is 226 g/mol. The second kappa shape index (κ2) is 5.10. The number of rotatable bonds is 4. The van der Waals surface area contributed by atoms with E-state index in [4.69, 9.17) is 4.74 Å². The standard InChI is InChI=1S/C12H18O2S/c1-2-14-8-10(13)12-7-9-5-3-4-6-11(9)15-12/h7,10,13H,2-6,8H2,1H3. The first-order valence-electron chi connectivity index (χ1n) is 5.68. The van der Waals surface area contributed by atoms with E-state index in [9.17, 15) is 5.11 Å². The highest BCUT2D eigenvalue weighted by atomic mass is 32.1. The highest BCUT2D eigenvalue weighted by Crippen LogP contribution is 2.32. The lowest BCUT2D eigenvalue weighted by atomic mass is 9.99. The van der Waals surface area contributed by atoms with Gasteiger partial charge in [-0.1, -0.05) is 0 Å². The van der Waals surface area contributed by atoms with Crippen LogP contribution in [0.25, 0.3) is 0 Å². The summed E-state index contributed by atoms with van der Waals surface area (Å²) in [6.07, 6.45) is 4.55. The van der Waals surface area contributed by atoms with E-state index >= 15 is 0 Å². The molecule has 15 heavy (non-hydrogen) atoms. The molecule has 2 nitrogen and oxygen atoms in total. The second-order valence-corrected chi connectivity index (χ2v) is 5.15. The molecule has 1 N–H and O–H groups in total. The summed E-state index contributed by atoms with van der Waals surface area (Å²) in [6, 6.07) is 2.17. The first-order valence-corrected chi connectivity index (χ1v) is 6.50. The van der Waals surface area contributed by atoms with Gasteiger partial charge < -0.3 is 9.84 Å². The Morgan fingerprint density at radius 2 is 2.27 bits per heavy atom. The molecule has 1 heterocycles. The topological polar surface area (TPSA) is 29.5 Å². The van der Waals surface area contributed by atoms with E-state index in [1.165, 1.54) is 36.1 Å². The minimum Gasteiger partial charge on any atom is -0.385 e. The Bertz CT molecular complexity index is 296. The van der Waals surface area contributed by atoms with Crippen molar-refractivity contribution >= 4 is 11.3 Å². The fourth-order valence-corrected chi connectivity index (χ4v) is 3.22. The highest BCUT2D eigenvalue weighted by molar-refractivity contribution is 7.12. The van der Waals surface area contributed by atoms with Crippen molar-refractivity contribution in [2.45, 2.75) is 38.7 Å². The van der Waals surface area contributed by atoms with Gasteiger partial charge in [0, 0.05) is 16.4 Å². The molecule has 1 unspecified atom stereocenters. The normalized spacial score (nSPS) is 17.5. The van der Waals surface area contributed by atoms with Gasteiger partial charge in [-0.15, -0.1) is 11.3 Å². The molecule has 1 atom stereocenters. The SMILES string of the molecule is CCOCC(O)c1cc2c(s1)CCCC2. The Morgan fingerprint density at radius 3 is 3.00 bits per heavy atom. The molecular weight excluding hydrogens is 208 g/mol. The molecular formula is C12H18O2S. The van der Waals surface area contributed by atoms with Crippen molar-refractivity contribution in [1.82, 2.24) is 0 Å². The smallest absolute Gasteiger partial charge is 0.111 e. The van der Waals surface area contributed by atoms with Crippen molar-refractivity contribution in [1.29, 1.82) is 0 Å². The highest BCUT2D eigenvalue weighted by Gasteiger charge is 2.17. The number of fused-ring (bicyclic) bond motifs is 1. The van der Waals surface area contributed by atoms with Crippen LogP contribution in [-0.4, -0.2) is 18.3 Å². The minimum atomic E-state index is -0.430. The number of hydrogen-bond acceptors (Lipinski definition) is 3. The number of ether oxygens (including phenoxy) is 1. The van der Waals surface area contributed by atoms with Crippen LogP contribution in [0, 0.1) is 0 Å². The molecule has 0 amide bonds. The van der Waals surface area contributed by atoms with Crippen molar-refractivity contribution in [3.63, 3.8) is 0 Å². The maximum absolute atomic E-state index is 9.89. The molecule has 1 aliphatic carbocycles. The maximum atomic E-state index is 9.89. The van der Waals surface area contributed by atoms with Crippen LogP contribution in [0.5, 0.6) is 0 Å². The molecule has 84 valence electrons. The van der Waals surface area contributed by atoms with E-state index in [1.54, 1.807) is 11.3 Å². The number of hydrogen-bond donors (Lipinski definition) is 1. The van der Waals surface area contributed by atoms with Gasteiger partial charge in [0.05, 0.1) is 6.61 Å². The molecule has 0 fully saturated rings. The Kier molecular flexibility index (Phi) is 3.78. The summed E-state index contributed by atoms with van der Waals surface area (Å²) in [5, 5.41) is 9.89. The lowest BCUT2D eigenvalue weighted by Gasteiger charge is -2.08. The first kappa shape index (κ1) is 11.1. The molecule has 0 aliphatic heterocycles. The zero-order chi connectivity index (χ0) is 10.7. The van der Waals surface area contributed by atoms with Crippen molar-refractivity contribution in [2.75, 3.05) is 13.2 Å². The van der Waals surface area contributed by atoms with Crippen LogP contribution >= 0.6 is 11.3 Å². The fraction of sp³-hybridized carbons (Fsp3) is 0.667. The number of thiophene rings is 1. The summed E-state index contributed by atoms with van der Waals surface area (Å²) >= 11 is 1.76. The van der Waals surface area contributed by atoms with Crippen molar-refractivity contribution in [3.05, 3.63) is 21.4 Å². The van der Waals surface area contributed by atoms with Gasteiger partial charge in [-0.3, -0.25) is 0 Å². The average Bonchev–Trinajstić information content (AvgIpc) is 2.69. The molecule has 0 aromatic carbocycles. The van der Waals surface area contributed by atoms with Crippen LogP contribution in [0.1, 0.15) is 41.2 Å². The predicted octanol–water partition coefficient (Wildman–Crippen LogP) is 2.70. The second-order valence-electron chi connectivity index (χ2n) is 3.98. The van der Waals surface area contributed by atoms with E-state index in [0.717, 1.165) is 4.88 Å². The van der Waals surface area contributed by atoms with E-state index in [0.29, 0.717) is 13.2 Å². The first-order chi connectivity index (χ1) is 7.31. The summed E-state index contributed by atoms with van der Waals surface area (Å²) in [6.45, 7) is 3.05. The largest absolute Gasteiger partial charge is 0.385 e. The van der Waals surface area contributed by atoms with Gasteiger partial charge in [0.2, 0.25) is 0 Å². The van der Waals surface area contributed by atoms with Crippen LogP contribution in [-0.2, 0) is 17.6 Å². The Hall–Kier alpha value is -0.380. The molecule has 0 saturated heterocycles. The van der Waals surface area contributed by atoms with Gasteiger partial charge in [0.25, 0.3) is 0 Å². The van der Waals surface area contributed by atoms with Crippen LogP contribution in [0.2, 0.25) is 0 Å². The number of aliphatic hydroxyl groups excluding tert-OH is 1. The van der Waals surface area contributed by atoms with Crippen molar-refractivity contribution in [2.24, 2.45) is 0 Å². The zero-order valence-corrected chi connectivity index (χ0v) is 9.98. The van der Waals surface area contributed by atoms with Gasteiger partial charge >= 0.3 is 0 Å². The van der Waals surface area contributed by atoms with Crippen LogP contribution in [0.3, 0.4) is 0 Å². The third-order valence-electron chi connectivity index (χ3n) is 2.82. The molecule has 1 aromatic heterocycles. The van der Waals surface area contributed by atoms with E-state index < -0.39 is 6.10 Å². The van der Waals surface area contributed by atoms with Crippen LogP contribution < -0.4 is 0 Å². The third kappa shape index (κ3) is 2.60. The van der Waals surface area contributed by atoms with E-state index in [-0.39, 0.29) is 0 Å². The Morgan fingerprint density at radius 1 is 1.47 bits per heavy atom. The summed E-state index contributed by atoms with van der Waals surface area (Å²) in [7, 11) is 0. The van der Waals surface area contributed by atoms with Crippen LogP contribution in [0.15, 0.2) is 6.07 Å². The number of aryl methyl sites for hydroxylation is 2. The van der Waals surface area contributed by atoms with E-state index in [2.05, 4.69) is 6.07 Å². The average molecular weight is 226 g/mol. The van der Waals surface area contributed by atoms with Crippen molar-refractivity contribution < 1.29 is 9.84 Å². The number of aliphatic hydroxyl groups is 1. The Labute approximate surface area is 94.9 Å². The van der Waals surface area contributed by atoms with Crippen molar-refractivity contribution in [3.8, 4) is 0 Å². The minimum absolute atomic E-state index is 0.426. The predicted molar refractivity (Wildman–Crippen MR) is 62.4 cm³/mol. The molecule has 3 heteroatoms. The molecule has 1 aromatic rings. The van der Waals surface area contributed by atoms with Gasteiger partial charge in [-0.05, 0) is 44.2 Å². The lowest BCUT2D eigenvalue weighted by Crippen LogP contribution is -2.05. The Balaban J connectivity index is 2.05. The third-order valence-corrected chi connectivity index (χ3v) is 4.16. The summed E-state index contributed by atoms with van der Waals surface area (Å²) in [4.78, 5) is 2.56. The zero-order valence-electron chi connectivity index (χ0n) is 9.16. The molecule has 0 radical (unpaired) electrons. The van der Waals surface area contributed by atoms with Gasteiger partial charge in [-0.2, -0.15) is 0 Å².